The first-order valence-electron chi connectivity index (χ1n) is 9.22. The molecule has 0 bridgehead atoms. The van der Waals surface area contributed by atoms with Crippen LogP contribution in [0.15, 0.2) is 43.2 Å². The fourth-order valence-electron chi connectivity index (χ4n) is 3.41. The number of halogens is 2. The number of hydrogen-bond donors (Lipinski definition) is 1. The predicted molar refractivity (Wildman–Crippen MR) is 106 cm³/mol. The molecule has 1 saturated heterocycles. The molecule has 0 radical (unpaired) electrons. The van der Waals surface area contributed by atoms with Crippen LogP contribution in [0.25, 0.3) is 5.83 Å². The smallest absolute Gasteiger partial charge is 0.213 e. The zero-order chi connectivity index (χ0) is 20.3. The summed E-state index contributed by atoms with van der Waals surface area (Å²) in [7, 11) is 0. The van der Waals surface area contributed by atoms with Crippen molar-refractivity contribution in [3.63, 3.8) is 0 Å². The zero-order valence-corrected chi connectivity index (χ0v) is 16.1. The number of rotatable bonds is 6. The first-order valence-corrected chi connectivity index (χ1v) is 9.22. The van der Waals surface area contributed by atoms with Crippen molar-refractivity contribution in [3.8, 4) is 0 Å². The van der Waals surface area contributed by atoms with Crippen molar-refractivity contribution in [1.29, 1.82) is 0 Å². The van der Waals surface area contributed by atoms with E-state index in [4.69, 9.17) is 0 Å². The van der Waals surface area contributed by atoms with E-state index in [2.05, 4.69) is 21.9 Å². The quantitative estimate of drug-likeness (QED) is 0.770. The fourth-order valence-corrected chi connectivity index (χ4v) is 3.41. The third-order valence-electron chi connectivity index (χ3n) is 4.62. The van der Waals surface area contributed by atoms with Crippen LogP contribution >= 0.6 is 0 Å². The van der Waals surface area contributed by atoms with Gasteiger partial charge in [0.15, 0.2) is 0 Å². The van der Waals surface area contributed by atoms with Gasteiger partial charge in [-0.3, -0.25) is 9.78 Å². The molecule has 0 amide bonds. The van der Waals surface area contributed by atoms with Gasteiger partial charge in [0.2, 0.25) is 5.78 Å². The lowest BCUT2D eigenvalue weighted by Crippen LogP contribution is -2.52. The summed E-state index contributed by atoms with van der Waals surface area (Å²) < 4.78 is 28.0. The summed E-state index contributed by atoms with van der Waals surface area (Å²) in [4.78, 5) is 23.2. The molecule has 3 rings (SSSR count). The average Bonchev–Trinajstić information content (AvgIpc) is 2.66. The summed E-state index contributed by atoms with van der Waals surface area (Å²) in [5, 5.41) is 3.31. The Morgan fingerprint density at radius 1 is 1.39 bits per heavy atom. The first-order chi connectivity index (χ1) is 13.2. The molecule has 5 nitrogen and oxygen atoms in total. The second kappa shape index (κ2) is 8.14. The minimum atomic E-state index is -1.29. The van der Waals surface area contributed by atoms with Crippen LogP contribution in [0.4, 0.5) is 14.6 Å². The van der Waals surface area contributed by atoms with Crippen molar-refractivity contribution in [2.24, 2.45) is 0 Å². The van der Waals surface area contributed by atoms with Crippen LogP contribution in [0.1, 0.15) is 41.9 Å². The van der Waals surface area contributed by atoms with Gasteiger partial charge in [-0.15, -0.1) is 0 Å². The highest BCUT2D eigenvalue weighted by Gasteiger charge is 2.28. The number of aromatic nitrogens is 2. The number of ketones is 1. The lowest BCUT2D eigenvalue weighted by atomic mass is 9.99. The molecule has 1 N–H and O–H groups in total. The van der Waals surface area contributed by atoms with E-state index < -0.39 is 17.3 Å². The molecule has 1 aliphatic rings. The van der Waals surface area contributed by atoms with Crippen LogP contribution in [-0.2, 0) is 0 Å². The lowest BCUT2D eigenvalue weighted by molar-refractivity contribution is 0.103. The third kappa shape index (κ3) is 4.78. The van der Waals surface area contributed by atoms with E-state index in [1.165, 1.54) is 12.3 Å². The Morgan fingerprint density at radius 3 is 2.82 bits per heavy atom. The molecule has 1 fully saturated rings. The Kier molecular flexibility index (Phi) is 5.84. The molecule has 0 aliphatic carbocycles. The van der Waals surface area contributed by atoms with Crippen molar-refractivity contribution in [2.75, 3.05) is 24.5 Å². The van der Waals surface area contributed by atoms with E-state index in [0.717, 1.165) is 0 Å². The van der Waals surface area contributed by atoms with Crippen LogP contribution < -0.4 is 10.2 Å². The monoisotopic (exact) mass is 386 g/mol. The summed E-state index contributed by atoms with van der Waals surface area (Å²) in [5.41, 5.74) is -0.897. The molecule has 2 aromatic heterocycles. The molecular weight excluding hydrogens is 362 g/mol. The summed E-state index contributed by atoms with van der Waals surface area (Å²) in [6, 6.07) is 6.40. The van der Waals surface area contributed by atoms with Crippen molar-refractivity contribution < 1.29 is 13.6 Å². The van der Waals surface area contributed by atoms with Crippen molar-refractivity contribution in [2.45, 2.75) is 32.0 Å². The first kappa shape index (κ1) is 20.1. The maximum absolute atomic E-state index is 14.0. The second-order valence-corrected chi connectivity index (χ2v) is 7.56. The summed E-state index contributed by atoms with van der Waals surface area (Å²) >= 11 is 0. The third-order valence-corrected chi connectivity index (χ3v) is 4.62. The Bertz CT molecular complexity index is 864. The highest BCUT2D eigenvalue weighted by Crippen LogP contribution is 2.25. The van der Waals surface area contributed by atoms with Gasteiger partial charge in [-0.1, -0.05) is 6.58 Å². The Hall–Kier alpha value is -2.67. The van der Waals surface area contributed by atoms with Gasteiger partial charge in [0.1, 0.15) is 23.0 Å². The van der Waals surface area contributed by atoms with Crippen LogP contribution in [0.2, 0.25) is 0 Å². The SMILES string of the molecule is C=C(F)c1ccc(N2CCN[C@@H](CC(C)(C)F)C2)nc1C(=O)c1cccnc1. The highest BCUT2D eigenvalue weighted by atomic mass is 19.1. The summed E-state index contributed by atoms with van der Waals surface area (Å²) in [6.07, 6.45) is 3.35. The van der Waals surface area contributed by atoms with Crippen LogP contribution in [0.3, 0.4) is 0 Å². The molecule has 28 heavy (non-hydrogen) atoms. The van der Waals surface area contributed by atoms with Gasteiger partial charge >= 0.3 is 0 Å². The predicted octanol–water partition coefficient (Wildman–Crippen LogP) is 3.56. The largest absolute Gasteiger partial charge is 0.354 e. The Balaban J connectivity index is 1.91. The number of carbonyl (C=O) groups is 1. The minimum absolute atomic E-state index is 0.00101. The maximum atomic E-state index is 14.0. The molecule has 148 valence electrons. The van der Waals surface area contributed by atoms with Crippen LogP contribution in [0.5, 0.6) is 0 Å². The standard InChI is InChI=1S/C21H24F2N4O/c1-14(22)17-6-7-18(26-19(17)20(28)15-5-4-8-24-12-15)27-10-9-25-16(13-27)11-21(2,3)23/h4-8,12,16,25H,1,9-11,13H2,2-3H3/t16-/m0/s1. The van der Waals surface area contributed by atoms with E-state index in [-0.39, 0.29) is 17.3 Å². The second-order valence-electron chi connectivity index (χ2n) is 7.56. The molecule has 2 aromatic rings. The van der Waals surface area contributed by atoms with E-state index in [1.807, 2.05) is 4.90 Å². The van der Waals surface area contributed by atoms with Crippen molar-refractivity contribution >= 4 is 17.4 Å². The fraction of sp³-hybridized carbons (Fsp3) is 0.381. The number of nitrogens with zero attached hydrogens (tertiary/aromatic N) is 3. The van der Waals surface area contributed by atoms with Gasteiger partial charge in [0, 0.05) is 49.2 Å². The topological polar surface area (TPSA) is 58.1 Å². The van der Waals surface area contributed by atoms with Crippen molar-refractivity contribution in [1.82, 2.24) is 15.3 Å². The molecule has 1 aliphatic heterocycles. The molecule has 0 saturated carbocycles. The van der Waals surface area contributed by atoms with E-state index in [0.29, 0.717) is 37.4 Å². The van der Waals surface area contributed by atoms with Crippen LogP contribution in [0, 0.1) is 0 Å². The number of pyridine rings is 2. The van der Waals surface area contributed by atoms with Gasteiger partial charge in [-0.25, -0.2) is 13.8 Å². The molecule has 0 spiro atoms. The van der Waals surface area contributed by atoms with E-state index >= 15 is 0 Å². The zero-order valence-electron chi connectivity index (χ0n) is 16.1. The normalized spacial score (nSPS) is 17.4. The van der Waals surface area contributed by atoms with Gasteiger partial charge in [-0.2, -0.15) is 0 Å². The number of alkyl halides is 1. The minimum Gasteiger partial charge on any atom is -0.354 e. The summed E-state index contributed by atoms with van der Waals surface area (Å²) in [5.74, 6) is -0.579. The van der Waals surface area contributed by atoms with Gasteiger partial charge in [0.05, 0.1) is 0 Å². The molecule has 7 heteroatoms. The molecule has 1 atom stereocenters. The maximum Gasteiger partial charge on any atom is 0.213 e. The highest BCUT2D eigenvalue weighted by molar-refractivity contribution is 6.10. The molecule has 0 aromatic carbocycles. The number of anilines is 1. The van der Waals surface area contributed by atoms with Crippen LogP contribution in [-0.4, -0.2) is 47.1 Å². The number of hydrogen-bond acceptors (Lipinski definition) is 5. The Morgan fingerprint density at radius 2 is 2.18 bits per heavy atom. The lowest BCUT2D eigenvalue weighted by Gasteiger charge is -2.36. The number of carbonyl (C=O) groups excluding carboxylic acids is 1. The van der Waals surface area contributed by atoms with Gasteiger partial charge in [0.25, 0.3) is 0 Å². The Labute approximate surface area is 163 Å². The van der Waals surface area contributed by atoms with Gasteiger partial charge in [-0.05, 0) is 44.5 Å². The molecule has 3 heterocycles. The van der Waals surface area contributed by atoms with E-state index in [9.17, 15) is 13.6 Å². The number of piperazine rings is 1. The number of nitrogens with one attached hydrogen (secondary N) is 1. The molecular formula is C21H24F2N4O. The van der Waals surface area contributed by atoms with Gasteiger partial charge < -0.3 is 10.2 Å². The molecule has 0 unspecified atom stereocenters. The van der Waals surface area contributed by atoms with Crippen molar-refractivity contribution in [3.05, 3.63) is 60.1 Å². The average molecular weight is 386 g/mol. The van der Waals surface area contributed by atoms with E-state index in [1.54, 1.807) is 38.2 Å². The summed E-state index contributed by atoms with van der Waals surface area (Å²) in [6.45, 7) is 8.31.